The summed E-state index contributed by atoms with van der Waals surface area (Å²) >= 11 is 0. The molecule has 2 aliphatic rings. The summed E-state index contributed by atoms with van der Waals surface area (Å²) in [6.45, 7) is 2.10. The van der Waals surface area contributed by atoms with Crippen molar-refractivity contribution in [1.82, 2.24) is 18.9 Å². The number of anilines is 1. The van der Waals surface area contributed by atoms with Gasteiger partial charge in [0, 0.05) is 56.3 Å². The molecule has 0 spiro atoms. The molecule has 2 unspecified atom stereocenters. The molecule has 2 saturated heterocycles. The standard InChI is InChI=1S/C30H34F4N6O3S/c31-21-5-3-19(4-6-21)28(20-13-22(32)15-23(33)14-20)29(35)30(41)38-27-18-37-17-26(34)25(27)8-7-24-16-36-9-12-40(24)44(42,43)39-10-1-2-11-39/h3-6,13-15,17-18,24,28-29,36H,1-2,7-12,16,35H2,(H,38,41)/t24-,28?,29?/m0/s1. The number of carbonyl (C=O) groups is 1. The van der Waals surface area contributed by atoms with Crippen LogP contribution in [0, 0.1) is 23.3 Å². The maximum atomic E-state index is 15.1. The fraction of sp³-hybridized carbons (Fsp3) is 0.400. The average molecular weight is 635 g/mol. The molecule has 14 heteroatoms. The number of halogens is 4. The molecule has 4 N–H and O–H groups in total. The van der Waals surface area contributed by atoms with E-state index in [1.54, 1.807) is 0 Å². The Hall–Kier alpha value is -3.43. The van der Waals surface area contributed by atoms with Gasteiger partial charge in [-0.15, -0.1) is 0 Å². The summed E-state index contributed by atoms with van der Waals surface area (Å²) in [5.74, 6) is -4.88. The lowest BCUT2D eigenvalue weighted by Crippen LogP contribution is -2.57. The van der Waals surface area contributed by atoms with Gasteiger partial charge in [-0.1, -0.05) is 12.1 Å². The number of hydrogen-bond donors (Lipinski definition) is 3. The molecule has 2 aliphatic heterocycles. The molecule has 0 aliphatic carbocycles. The fourth-order valence-electron chi connectivity index (χ4n) is 5.89. The molecule has 236 valence electrons. The molecule has 5 rings (SSSR count). The Bertz CT molecular complexity index is 1570. The van der Waals surface area contributed by atoms with Crippen molar-refractivity contribution < 1.29 is 30.8 Å². The Labute approximate surface area is 253 Å². The second-order valence-electron chi connectivity index (χ2n) is 11.0. The highest BCUT2D eigenvalue weighted by Gasteiger charge is 2.37. The van der Waals surface area contributed by atoms with E-state index in [1.807, 2.05) is 0 Å². The van der Waals surface area contributed by atoms with E-state index in [2.05, 4.69) is 15.6 Å². The number of carbonyl (C=O) groups excluding carboxylic acids is 1. The van der Waals surface area contributed by atoms with E-state index in [1.165, 1.54) is 26.9 Å². The Kier molecular flexibility index (Phi) is 9.95. The Morgan fingerprint density at radius 3 is 2.34 bits per heavy atom. The van der Waals surface area contributed by atoms with Crippen LogP contribution < -0.4 is 16.4 Å². The summed E-state index contributed by atoms with van der Waals surface area (Å²) in [5, 5.41) is 5.80. The summed E-state index contributed by atoms with van der Waals surface area (Å²) in [6, 6.07) is 5.91. The summed E-state index contributed by atoms with van der Waals surface area (Å²) in [7, 11) is -3.68. The van der Waals surface area contributed by atoms with Crippen LogP contribution in [0.3, 0.4) is 0 Å². The number of pyridine rings is 1. The van der Waals surface area contributed by atoms with Gasteiger partial charge < -0.3 is 16.4 Å². The summed E-state index contributed by atoms with van der Waals surface area (Å²) in [5.41, 5.74) is 6.90. The van der Waals surface area contributed by atoms with Crippen molar-refractivity contribution in [3.63, 3.8) is 0 Å². The van der Waals surface area contributed by atoms with E-state index in [0.717, 1.165) is 43.3 Å². The zero-order valence-electron chi connectivity index (χ0n) is 23.9. The molecule has 1 aromatic heterocycles. The number of aromatic nitrogens is 1. The lowest BCUT2D eigenvalue weighted by Gasteiger charge is -2.37. The number of nitrogens with zero attached hydrogens (tertiary/aromatic N) is 3. The van der Waals surface area contributed by atoms with Crippen molar-refractivity contribution in [1.29, 1.82) is 0 Å². The highest BCUT2D eigenvalue weighted by Crippen LogP contribution is 2.31. The van der Waals surface area contributed by atoms with Crippen LogP contribution >= 0.6 is 0 Å². The number of nitrogens with one attached hydrogen (secondary N) is 2. The number of amides is 1. The maximum absolute atomic E-state index is 15.1. The maximum Gasteiger partial charge on any atom is 0.282 e. The third-order valence-corrected chi connectivity index (χ3v) is 10.2. The van der Waals surface area contributed by atoms with E-state index < -0.39 is 57.4 Å². The van der Waals surface area contributed by atoms with E-state index >= 15 is 4.39 Å². The largest absolute Gasteiger partial charge is 0.323 e. The summed E-state index contributed by atoms with van der Waals surface area (Å²) < 4.78 is 86.7. The van der Waals surface area contributed by atoms with Gasteiger partial charge in [0.15, 0.2) is 0 Å². The highest BCUT2D eigenvalue weighted by atomic mass is 32.2. The molecule has 0 bridgehead atoms. The molecule has 9 nitrogen and oxygen atoms in total. The van der Waals surface area contributed by atoms with Crippen LogP contribution in [0.5, 0.6) is 0 Å². The minimum absolute atomic E-state index is 0.0337. The molecule has 3 heterocycles. The van der Waals surface area contributed by atoms with Crippen molar-refractivity contribution in [3.8, 4) is 0 Å². The minimum atomic E-state index is -3.68. The number of hydrogen-bond acceptors (Lipinski definition) is 6. The summed E-state index contributed by atoms with van der Waals surface area (Å²) in [4.78, 5) is 17.3. The topological polar surface area (TPSA) is 121 Å². The first-order chi connectivity index (χ1) is 21.0. The van der Waals surface area contributed by atoms with E-state index in [0.29, 0.717) is 37.8 Å². The van der Waals surface area contributed by atoms with Crippen LogP contribution in [0.1, 0.15) is 41.9 Å². The second kappa shape index (κ2) is 13.7. The van der Waals surface area contributed by atoms with Crippen molar-refractivity contribution in [2.75, 3.05) is 38.0 Å². The molecule has 0 radical (unpaired) electrons. The van der Waals surface area contributed by atoms with Crippen LogP contribution in [0.4, 0.5) is 23.2 Å². The summed E-state index contributed by atoms with van der Waals surface area (Å²) in [6.07, 6.45) is 4.21. The van der Waals surface area contributed by atoms with Gasteiger partial charge in [-0.2, -0.15) is 17.0 Å². The lowest BCUT2D eigenvalue weighted by molar-refractivity contribution is -0.117. The second-order valence-corrected chi connectivity index (χ2v) is 12.9. The molecule has 3 atom stereocenters. The van der Waals surface area contributed by atoms with Crippen LogP contribution in [0.2, 0.25) is 0 Å². The van der Waals surface area contributed by atoms with Gasteiger partial charge in [0.2, 0.25) is 5.91 Å². The SMILES string of the molecule is NC(C(=O)Nc1cncc(F)c1CC[C@H]1CNCCN1S(=O)(=O)N1CCCC1)C(c1ccc(F)cc1)c1cc(F)cc(F)c1. The van der Waals surface area contributed by atoms with Gasteiger partial charge in [-0.25, -0.2) is 17.6 Å². The van der Waals surface area contributed by atoms with Crippen molar-refractivity contribution in [2.24, 2.45) is 5.73 Å². The van der Waals surface area contributed by atoms with Gasteiger partial charge in [0.05, 0.1) is 24.1 Å². The molecule has 3 aromatic rings. The predicted molar refractivity (Wildman–Crippen MR) is 157 cm³/mol. The van der Waals surface area contributed by atoms with Crippen LogP contribution in [0.25, 0.3) is 0 Å². The van der Waals surface area contributed by atoms with Gasteiger partial charge in [-0.3, -0.25) is 9.78 Å². The van der Waals surface area contributed by atoms with Crippen molar-refractivity contribution in [2.45, 2.75) is 43.7 Å². The molecule has 44 heavy (non-hydrogen) atoms. The van der Waals surface area contributed by atoms with Crippen LogP contribution in [-0.4, -0.2) is 72.7 Å². The van der Waals surface area contributed by atoms with E-state index in [-0.39, 0.29) is 36.2 Å². The smallest absolute Gasteiger partial charge is 0.282 e. The lowest BCUT2D eigenvalue weighted by atomic mass is 9.84. The zero-order valence-corrected chi connectivity index (χ0v) is 24.7. The quantitative estimate of drug-likeness (QED) is 0.295. The van der Waals surface area contributed by atoms with E-state index in [9.17, 15) is 26.4 Å². The molecule has 2 fully saturated rings. The molecule has 2 aromatic carbocycles. The van der Waals surface area contributed by atoms with Gasteiger partial charge in [-0.05, 0) is 61.1 Å². The van der Waals surface area contributed by atoms with Crippen LogP contribution in [0.15, 0.2) is 54.9 Å². The minimum Gasteiger partial charge on any atom is -0.323 e. The number of nitrogens with two attached hydrogens (primary N) is 1. The van der Waals surface area contributed by atoms with Gasteiger partial charge in [0.25, 0.3) is 10.2 Å². The Balaban J connectivity index is 1.37. The molecule has 0 saturated carbocycles. The Morgan fingerprint density at radius 2 is 1.66 bits per heavy atom. The average Bonchev–Trinajstić information content (AvgIpc) is 3.54. The third-order valence-electron chi connectivity index (χ3n) is 8.11. The van der Waals surface area contributed by atoms with Crippen molar-refractivity contribution in [3.05, 3.63) is 94.8 Å². The molecule has 1 amide bonds. The normalized spacial score (nSPS) is 19.5. The monoisotopic (exact) mass is 634 g/mol. The third kappa shape index (κ3) is 7.10. The van der Waals surface area contributed by atoms with Gasteiger partial charge >= 0.3 is 0 Å². The first-order valence-electron chi connectivity index (χ1n) is 14.4. The number of benzene rings is 2. The van der Waals surface area contributed by atoms with E-state index in [4.69, 9.17) is 5.73 Å². The van der Waals surface area contributed by atoms with Crippen molar-refractivity contribution >= 4 is 21.8 Å². The highest BCUT2D eigenvalue weighted by molar-refractivity contribution is 7.86. The van der Waals surface area contributed by atoms with Crippen LogP contribution in [-0.2, 0) is 21.4 Å². The number of rotatable bonds is 10. The molecular formula is C30H34F4N6O3S. The fourth-order valence-corrected chi connectivity index (χ4v) is 7.79. The molecular weight excluding hydrogens is 600 g/mol. The zero-order chi connectivity index (χ0) is 31.4. The predicted octanol–water partition coefficient (Wildman–Crippen LogP) is 3.28. The Morgan fingerprint density at radius 1 is 0.977 bits per heavy atom. The van der Waals surface area contributed by atoms with Gasteiger partial charge in [0.1, 0.15) is 23.3 Å². The first kappa shape index (κ1) is 32.0. The first-order valence-corrected chi connectivity index (χ1v) is 15.8. The number of piperazine rings is 1.